The SMILES string of the molecule is COc1cccc(-c2csc(NC(=O)C(Sc3cccc(NC(=O)/C(=C\c4ccc([N+](=O)[O-])cc4)NC(=O)c4ccccc4)c3)c3ccccc3)n2)c1. The Balaban J connectivity index is 1.21. The highest BCUT2D eigenvalue weighted by atomic mass is 32.2. The van der Waals surface area contributed by atoms with Crippen molar-refractivity contribution in [3.8, 4) is 17.0 Å². The van der Waals surface area contributed by atoms with Gasteiger partial charge in [0.05, 0.1) is 17.7 Å². The molecule has 1 aromatic heterocycles. The van der Waals surface area contributed by atoms with Gasteiger partial charge in [0.2, 0.25) is 5.91 Å². The molecule has 53 heavy (non-hydrogen) atoms. The highest BCUT2D eigenvalue weighted by Gasteiger charge is 2.24. The lowest BCUT2D eigenvalue weighted by Crippen LogP contribution is -2.30. The van der Waals surface area contributed by atoms with Crippen molar-refractivity contribution >= 4 is 63.4 Å². The van der Waals surface area contributed by atoms with Gasteiger partial charge in [-0.25, -0.2) is 4.98 Å². The van der Waals surface area contributed by atoms with E-state index in [0.29, 0.717) is 38.3 Å². The fourth-order valence-electron chi connectivity index (χ4n) is 5.10. The third-order valence-electron chi connectivity index (χ3n) is 7.73. The Morgan fingerprint density at radius 2 is 1.57 bits per heavy atom. The number of non-ortho nitro benzene ring substituents is 1. The number of carbonyl (C=O) groups is 3. The molecule has 0 saturated heterocycles. The number of thiazole rings is 1. The Hall–Kier alpha value is -6.57. The van der Waals surface area contributed by atoms with E-state index in [1.54, 1.807) is 55.6 Å². The van der Waals surface area contributed by atoms with Gasteiger partial charge in [0.15, 0.2) is 5.13 Å². The van der Waals surface area contributed by atoms with Gasteiger partial charge in [-0.15, -0.1) is 23.1 Å². The number of anilines is 2. The zero-order valence-corrected chi connectivity index (χ0v) is 29.7. The Kier molecular flexibility index (Phi) is 11.7. The first-order chi connectivity index (χ1) is 25.7. The quantitative estimate of drug-likeness (QED) is 0.0461. The molecule has 1 atom stereocenters. The first-order valence-corrected chi connectivity index (χ1v) is 17.9. The molecule has 6 aromatic rings. The Morgan fingerprint density at radius 1 is 0.849 bits per heavy atom. The summed E-state index contributed by atoms with van der Waals surface area (Å²) in [6.07, 6.45) is 1.44. The van der Waals surface area contributed by atoms with E-state index < -0.39 is 22.0 Å². The van der Waals surface area contributed by atoms with Gasteiger partial charge in [-0.1, -0.05) is 66.7 Å². The van der Waals surface area contributed by atoms with E-state index in [4.69, 9.17) is 4.74 Å². The number of methoxy groups -OCH3 is 1. The van der Waals surface area contributed by atoms with Crippen LogP contribution in [-0.4, -0.2) is 34.7 Å². The second kappa shape index (κ2) is 17.1. The van der Waals surface area contributed by atoms with Crippen molar-refractivity contribution in [3.63, 3.8) is 0 Å². The first-order valence-electron chi connectivity index (χ1n) is 16.1. The summed E-state index contributed by atoms with van der Waals surface area (Å²) in [6, 6.07) is 37.9. The van der Waals surface area contributed by atoms with Crippen molar-refractivity contribution in [2.45, 2.75) is 10.1 Å². The molecule has 0 aliphatic carbocycles. The summed E-state index contributed by atoms with van der Waals surface area (Å²) >= 11 is 2.61. The molecule has 0 bridgehead atoms. The Bertz CT molecular complexity index is 2280. The van der Waals surface area contributed by atoms with E-state index in [1.165, 1.54) is 53.4 Å². The van der Waals surface area contributed by atoms with Crippen molar-refractivity contribution in [2.75, 3.05) is 17.7 Å². The van der Waals surface area contributed by atoms with Crippen LogP contribution in [0.15, 0.2) is 149 Å². The van der Waals surface area contributed by atoms with Crippen molar-refractivity contribution in [2.24, 2.45) is 0 Å². The number of carbonyl (C=O) groups excluding carboxylic acids is 3. The lowest BCUT2D eigenvalue weighted by molar-refractivity contribution is -0.384. The standard InChI is InChI=1S/C40H31N5O6S2/c1-51-32-16-8-14-29(23-32)35-25-52-40(43-35)44-39(48)36(27-10-4-2-5-11-27)53-33-17-9-15-30(24-33)41-38(47)34(42-37(46)28-12-6-3-7-13-28)22-26-18-20-31(21-19-26)45(49)50/h2-25,36H,1H3,(H,41,47)(H,42,46)(H,43,44,48)/b34-22+. The molecule has 1 unspecified atom stereocenters. The van der Waals surface area contributed by atoms with E-state index in [0.717, 1.165) is 11.1 Å². The van der Waals surface area contributed by atoms with E-state index in [9.17, 15) is 24.5 Å². The van der Waals surface area contributed by atoms with Crippen molar-refractivity contribution < 1.29 is 24.0 Å². The molecule has 11 nitrogen and oxygen atoms in total. The van der Waals surface area contributed by atoms with E-state index >= 15 is 0 Å². The van der Waals surface area contributed by atoms with Crippen LogP contribution in [-0.2, 0) is 9.59 Å². The average Bonchev–Trinajstić information content (AvgIpc) is 3.66. The molecular formula is C40H31N5O6S2. The number of ether oxygens (including phenoxy) is 1. The number of nitro groups is 1. The number of thioether (sulfide) groups is 1. The minimum Gasteiger partial charge on any atom is -0.497 e. The van der Waals surface area contributed by atoms with Gasteiger partial charge < -0.3 is 20.7 Å². The van der Waals surface area contributed by atoms with Gasteiger partial charge >= 0.3 is 0 Å². The molecule has 0 radical (unpaired) electrons. The number of nitrogens with zero attached hydrogens (tertiary/aromatic N) is 2. The maximum Gasteiger partial charge on any atom is 0.272 e. The summed E-state index contributed by atoms with van der Waals surface area (Å²) in [5.41, 5.74) is 3.37. The highest BCUT2D eigenvalue weighted by Crippen LogP contribution is 2.38. The fraction of sp³-hybridized carbons (Fsp3) is 0.0500. The molecule has 13 heteroatoms. The molecule has 0 fully saturated rings. The van der Waals surface area contributed by atoms with Crippen molar-refractivity contribution in [1.82, 2.24) is 10.3 Å². The van der Waals surface area contributed by atoms with Crippen LogP contribution >= 0.6 is 23.1 Å². The van der Waals surface area contributed by atoms with Crippen molar-refractivity contribution in [3.05, 3.63) is 171 Å². The summed E-state index contributed by atoms with van der Waals surface area (Å²) < 4.78 is 5.33. The minimum atomic E-state index is -0.672. The monoisotopic (exact) mass is 741 g/mol. The molecular weight excluding hydrogens is 711 g/mol. The van der Waals surface area contributed by atoms with Crippen LogP contribution in [0, 0.1) is 10.1 Å². The van der Waals surface area contributed by atoms with E-state index in [2.05, 4.69) is 20.9 Å². The molecule has 6 rings (SSSR count). The molecule has 0 spiro atoms. The number of nitrogens with one attached hydrogen (secondary N) is 3. The molecule has 5 aromatic carbocycles. The highest BCUT2D eigenvalue weighted by molar-refractivity contribution is 8.00. The van der Waals surface area contributed by atoms with E-state index in [-0.39, 0.29) is 17.3 Å². The maximum atomic E-state index is 13.8. The number of amides is 3. The zero-order valence-electron chi connectivity index (χ0n) is 28.1. The Labute approximate surface area is 312 Å². The largest absolute Gasteiger partial charge is 0.497 e. The second-order valence-electron chi connectivity index (χ2n) is 11.4. The number of aromatic nitrogens is 1. The molecule has 0 saturated carbocycles. The van der Waals surface area contributed by atoms with Crippen LogP contribution in [0.25, 0.3) is 17.3 Å². The summed E-state index contributed by atoms with van der Waals surface area (Å²) in [7, 11) is 1.60. The molecule has 0 aliphatic rings. The number of hydrogen-bond acceptors (Lipinski definition) is 9. The molecule has 3 amide bonds. The lowest BCUT2D eigenvalue weighted by Gasteiger charge is -2.17. The number of nitro benzene ring substituents is 1. The van der Waals surface area contributed by atoms with Gasteiger partial charge in [0.1, 0.15) is 16.7 Å². The summed E-state index contributed by atoms with van der Waals surface area (Å²) in [4.78, 5) is 56.5. The summed E-state index contributed by atoms with van der Waals surface area (Å²) in [6.45, 7) is 0. The van der Waals surface area contributed by atoms with Crippen LogP contribution in [0.4, 0.5) is 16.5 Å². The number of benzene rings is 5. The topological polar surface area (TPSA) is 153 Å². The normalized spacial score (nSPS) is 11.6. The smallest absolute Gasteiger partial charge is 0.272 e. The Morgan fingerprint density at radius 3 is 2.28 bits per heavy atom. The number of rotatable bonds is 13. The predicted molar refractivity (Wildman–Crippen MR) is 208 cm³/mol. The third kappa shape index (κ3) is 9.61. The second-order valence-corrected chi connectivity index (χ2v) is 13.4. The van der Waals surface area contributed by atoms with Crippen LogP contribution in [0.1, 0.15) is 26.7 Å². The van der Waals surface area contributed by atoms with Crippen LogP contribution in [0.5, 0.6) is 5.75 Å². The first kappa shape index (κ1) is 36.2. The predicted octanol–water partition coefficient (Wildman–Crippen LogP) is 8.61. The maximum absolute atomic E-state index is 13.8. The fourth-order valence-corrected chi connectivity index (χ4v) is 6.91. The van der Waals surface area contributed by atoms with Crippen LogP contribution < -0.4 is 20.7 Å². The summed E-state index contributed by atoms with van der Waals surface area (Å²) in [5.74, 6) is -0.707. The third-order valence-corrected chi connectivity index (χ3v) is 9.74. The summed E-state index contributed by atoms with van der Waals surface area (Å²) in [5, 5.41) is 21.3. The van der Waals surface area contributed by atoms with Crippen molar-refractivity contribution in [1.29, 1.82) is 0 Å². The van der Waals surface area contributed by atoms with Crippen LogP contribution in [0.2, 0.25) is 0 Å². The molecule has 3 N–H and O–H groups in total. The lowest BCUT2D eigenvalue weighted by atomic mass is 10.1. The molecule has 1 heterocycles. The molecule has 264 valence electrons. The number of hydrogen-bond donors (Lipinski definition) is 3. The minimum absolute atomic E-state index is 0.0796. The van der Waals surface area contributed by atoms with Gasteiger partial charge in [0, 0.05) is 39.2 Å². The van der Waals surface area contributed by atoms with Gasteiger partial charge in [0.25, 0.3) is 17.5 Å². The van der Waals surface area contributed by atoms with Gasteiger partial charge in [-0.2, -0.15) is 0 Å². The average molecular weight is 742 g/mol. The molecule has 0 aliphatic heterocycles. The van der Waals surface area contributed by atoms with Crippen LogP contribution in [0.3, 0.4) is 0 Å². The van der Waals surface area contributed by atoms with Gasteiger partial charge in [-0.3, -0.25) is 24.5 Å². The van der Waals surface area contributed by atoms with E-state index in [1.807, 2.05) is 66.0 Å². The zero-order chi connectivity index (χ0) is 37.2. The van der Waals surface area contributed by atoms with Gasteiger partial charge in [-0.05, 0) is 71.8 Å².